The molecule has 0 amide bonds. The Hall–Kier alpha value is -2.30. The van der Waals surface area contributed by atoms with Gasteiger partial charge in [0.1, 0.15) is 11.5 Å². The SMILES string of the molecule is Cc1nc(-c2ccc3c(c2)OCO3)c(C=O)n1C. The molecule has 0 saturated carbocycles. The number of nitrogens with zero attached hydrogens (tertiary/aromatic N) is 2. The van der Waals surface area contributed by atoms with E-state index in [0.29, 0.717) is 17.1 Å². The number of carbonyl (C=O) groups excluding carboxylic acids is 1. The van der Waals surface area contributed by atoms with Crippen molar-refractivity contribution in [3.8, 4) is 22.8 Å². The van der Waals surface area contributed by atoms with Crippen molar-refractivity contribution in [1.82, 2.24) is 9.55 Å². The lowest BCUT2D eigenvalue weighted by molar-refractivity contribution is 0.111. The molecule has 1 aromatic heterocycles. The summed E-state index contributed by atoms with van der Waals surface area (Å²) in [5, 5.41) is 0. The van der Waals surface area contributed by atoms with Crippen LogP contribution in [0, 0.1) is 6.92 Å². The number of benzene rings is 1. The van der Waals surface area contributed by atoms with Gasteiger partial charge in [-0.2, -0.15) is 0 Å². The number of hydrogen-bond acceptors (Lipinski definition) is 4. The first-order chi connectivity index (χ1) is 8.70. The van der Waals surface area contributed by atoms with Crippen molar-refractivity contribution in [2.75, 3.05) is 6.79 Å². The van der Waals surface area contributed by atoms with Gasteiger partial charge in [-0.15, -0.1) is 0 Å². The summed E-state index contributed by atoms with van der Waals surface area (Å²) in [5.74, 6) is 2.21. The van der Waals surface area contributed by atoms with E-state index in [-0.39, 0.29) is 6.79 Å². The number of carbonyl (C=O) groups is 1. The molecular weight excluding hydrogens is 232 g/mol. The van der Waals surface area contributed by atoms with Crippen LogP contribution in [0.2, 0.25) is 0 Å². The molecule has 0 fully saturated rings. The van der Waals surface area contributed by atoms with Crippen LogP contribution in [0.4, 0.5) is 0 Å². The molecule has 0 aliphatic carbocycles. The molecule has 5 nitrogen and oxygen atoms in total. The van der Waals surface area contributed by atoms with Crippen molar-refractivity contribution in [2.45, 2.75) is 6.92 Å². The maximum atomic E-state index is 11.2. The number of ether oxygens (including phenoxy) is 2. The summed E-state index contributed by atoms with van der Waals surface area (Å²) in [5.41, 5.74) is 2.08. The third-order valence-corrected chi connectivity index (χ3v) is 3.12. The number of fused-ring (bicyclic) bond motifs is 1. The molecule has 1 aromatic carbocycles. The van der Waals surface area contributed by atoms with Crippen molar-refractivity contribution in [1.29, 1.82) is 0 Å². The van der Waals surface area contributed by atoms with Crippen molar-refractivity contribution in [3.05, 3.63) is 29.7 Å². The number of aldehydes is 1. The normalized spacial score (nSPS) is 12.8. The monoisotopic (exact) mass is 244 g/mol. The highest BCUT2D eigenvalue weighted by Crippen LogP contribution is 2.36. The minimum atomic E-state index is 0.237. The van der Waals surface area contributed by atoms with Crippen LogP contribution < -0.4 is 9.47 Å². The second kappa shape index (κ2) is 3.87. The van der Waals surface area contributed by atoms with Crippen LogP contribution in [0.3, 0.4) is 0 Å². The smallest absolute Gasteiger partial charge is 0.231 e. The van der Waals surface area contributed by atoms with E-state index in [9.17, 15) is 4.79 Å². The largest absolute Gasteiger partial charge is 0.454 e. The zero-order valence-corrected chi connectivity index (χ0v) is 10.1. The summed E-state index contributed by atoms with van der Waals surface area (Å²) < 4.78 is 12.4. The Morgan fingerprint density at radius 1 is 1.33 bits per heavy atom. The third-order valence-electron chi connectivity index (χ3n) is 3.12. The fourth-order valence-electron chi connectivity index (χ4n) is 2.02. The zero-order valence-electron chi connectivity index (χ0n) is 10.1. The van der Waals surface area contributed by atoms with Gasteiger partial charge in [0.15, 0.2) is 17.8 Å². The maximum Gasteiger partial charge on any atom is 0.231 e. The summed E-state index contributed by atoms with van der Waals surface area (Å²) in [6.07, 6.45) is 0.819. The average Bonchev–Trinajstić information content (AvgIpc) is 2.94. The second-order valence-corrected chi connectivity index (χ2v) is 4.14. The van der Waals surface area contributed by atoms with Crippen LogP contribution in [-0.2, 0) is 7.05 Å². The molecule has 0 N–H and O–H groups in total. The first-order valence-electron chi connectivity index (χ1n) is 5.59. The molecule has 0 radical (unpaired) electrons. The highest BCUT2D eigenvalue weighted by molar-refractivity contribution is 5.84. The topological polar surface area (TPSA) is 53.4 Å². The van der Waals surface area contributed by atoms with E-state index in [4.69, 9.17) is 9.47 Å². The fraction of sp³-hybridized carbons (Fsp3) is 0.231. The Kier molecular flexibility index (Phi) is 2.33. The van der Waals surface area contributed by atoms with E-state index in [1.807, 2.05) is 32.2 Å². The molecule has 1 aliphatic heterocycles. The Balaban J connectivity index is 2.15. The summed E-state index contributed by atoms with van der Waals surface area (Å²) >= 11 is 0. The molecule has 2 heterocycles. The molecule has 1 aliphatic rings. The molecule has 0 atom stereocenters. The first-order valence-corrected chi connectivity index (χ1v) is 5.59. The van der Waals surface area contributed by atoms with Gasteiger partial charge >= 0.3 is 0 Å². The van der Waals surface area contributed by atoms with E-state index < -0.39 is 0 Å². The van der Waals surface area contributed by atoms with Gasteiger partial charge in [0.2, 0.25) is 6.79 Å². The standard InChI is InChI=1S/C13H12N2O3/c1-8-14-13(10(6-16)15(8)2)9-3-4-11-12(5-9)18-7-17-11/h3-6H,7H2,1-2H3. The minimum Gasteiger partial charge on any atom is -0.454 e. The Morgan fingerprint density at radius 2 is 2.11 bits per heavy atom. The number of aryl methyl sites for hydroxylation is 1. The average molecular weight is 244 g/mol. The van der Waals surface area contributed by atoms with Crippen LogP contribution in [-0.4, -0.2) is 22.6 Å². The summed E-state index contributed by atoms with van der Waals surface area (Å²) in [6, 6.07) is 5.55. The predicted octanol–water partition coefficient (Wildman–Crippen LogP) is 1.94. The van der Waals surface area contributed by atoms with Crippen molar-refractivity contribution >= 4 is 6.29 Å². The van der Waals surface area contributed by atoms with Gasteiger partial charge in [0.25, 0.3) is 0 Å². The third kappa shape index (κ3) is 1.48. The molecule has 3 rings (SSSR count). The lowest BCUT2D eigenvalue weighted by Crippen LogP contribution is -1.97. The lowest BCUT2D eigenvalue weighted by Gasteiger charge is -2.01. The van der Waals surface area contributed by atoms with E-state index >= 15 is 0 Å². The van der Waals surface area contributed by atoms with Gasteiger partial charge in [0.05, 0.1) is 5.69 Å². The van der Waals surface area contributed by atoms with Gasteiger partial charge in [-0.1, -0.05) is 0 Å². The first kappa shape index (κ1) is 10.8. The van der Waals surface area contributed by atoms with E-state index in [1.165, 1.54) is 0 Å². The number of hydrogen-bond donors (Lipinski definition) is 0. The quantitative estimate of drug-likeness (QED) is 0.757. The summed E-state index contributed by atoms with van der Waals surface area (Å²) in [7, 11) is 1.82. The van der Waals surface area contributed by atoms with Gasteiger partial charge < -0.3 is 14.0 Å². The predicted molar refractivity (Wildman–Crippen MR) is 64.9 cm³/mol. The molecule has 92 valence electrons. The molecule has 18 heavy (non-hydrogen) atoms. The Bertz CT molecular complexity index is 631. The molecular formula is C13H12N2O3. The molecule has 2 aromatic rings. The Morgan fingerprint density at radius 3 is 2.89 bits per heavy atom. The minimum absolute atomic E-state index is 0.237. The second-order valence-electron chi connectivity index (χ2n) is 4.14. The van der Waals surface area contributed by atoms with Crippen LogP contribution in [0.1, 0.15) is 16.3 Å². The van der Waals surface area contributed by atoms with Crippen LogP contribution in [0.5, 0.6) is 11.5 Å². The van der Waals surface area contributed by atoms with Gasteiger partial charge in [-0.05, 0) is 25.1 Å². The van der Waals surface area contributed by atoms with Crippen molar-refractivity contribution in [2.24, 2.45) is 7.05 Å². The van der Waals surface area contributed by atoms with E-state index in [1.54, 1.807) is 4.57 Å². The molecule has 5 heteroatoms. The number of aromatic nitrogens is 2. The molecule has 0 unspecified atom stereocenters. The number of rotatable bonds is 2. The van der Waals surface area contributed by atoms with E-state index in [2.05, 4.69) is 4.98 Å². The van der Waals surface area contributed by atoms with Crippen LogP contribution in [0.25, 0.3) is 11.3 Å². The molecule has 0 saturated heterocycles. The fourth-order valence-corrected chi connectivity index (χ4v) is 2.02. The molecule has 0 spiro atoms. The zero-order chi connectivity index (χ0) is 12.7. The molecule has 0 bridgehead atoms. The Labute approximate surface area is 104 Å². The summed E-state index contributed by atoms with van der Waals surface area (Å²) in [4.78, 5) is 15.6. The maximum absolute atomic E-state index is 11.2. The van der Waals surface area contributed by atoms with Crippen molar-refractivity contribution in [3.63, 3.8) is 0 Å². The lowest BCUT2D eigenvalue weighted by atomic mass is 10.1. The van der Waals surface area contributed by atoms with Gasteiger partial charge in [-0.25, -0.2) is 4.98 Å². The highest BCUT2D eigenvalue weighted by atomic mass is 16.7. The van der Waals surface area contributed by atoms with Crippen LogP contribution in [0.15, 0.2) is 18.2 Å². The van der Waals surface area contributed by atoms with Crippen LogP contribution >= 0.6 is 0 Å². The van der Waals surface area contributed by atoms with Crippen molar-refractivity contribution < 1.29 is 14.3 Å². The van der Waals surface area contributed by atoms with E-state index in [0.717, 1.165) is 23.4 Å². The number of imidazole rings is 1. The highest BCUT2D eigenvalue weighted by Gasteiger charge is 2.18. The van der Waals surface area contributed by atoms with Gasteiger partial charge in [0, 0.05) is 12.6 Å². The summed E-state index contributed by atoms with van der Waals surface area (Å²) in [6.45, 7) is 2.10. The van der Waals surface area contributed by atoms with Gasteiger partial charge in [-0.3, -0.25) is 4.79 Å².